The normalized spacial score (nSPS) is 10.8. The van der Waals surface area contributed by atoms with Gasteiger partial charge >= 0.3 is 5.56 Å². The standard InChI is InChI=1S/C25H16ClFN4O2/c26-18-7-9-19(10-8-18)31-25(32)24(23(15-29-31)30-14-13-28-16-30)33-20-11-5-17(6-12-20)21-3-1-2-4-22(21)27/h1-16H. The van der Waals surface area contributed by atoms with Crippen LogP contribution in [-0.2, 0) is 0 Å². The molecule has 0 bridgehead atoms. The Balaban J connectivity index is 1.56. The Labute approximate surface area is 193 Å². The Hall–Kier alpha value is -4.23. The third-order valence-corrected chi connectivity index (χ3v) is 5.28. The van der Waals surface area contributed by atoms with Crippen LogP contribution in [0.3, 0.4) is 0 Å². The van der Waals surface area contributed by atoms with Crippen LogP contribution in [0.25, 0.3) is 22.5 Å². The minimum atomic E-state index is -0.457. The van der Waals surface area contributed by atoms with Crippen LogP contribution in [0.1, 0.15) is 0 Å². The largest absolute Gasteiger partial charge is 0.449 e. The van der Waals surface area contributed by atoms with Gasteiger partial charge in [-0.1, -0.05) is 41.9 Å². The molecule has 0 atom stereocenters. The summed E-state index contributed by atoms with van der Waals surface area (Å²) in [5.41, 5.74) is 1.70. The van der Waals surface area contributed by atoms with E-state index in [1.54, 1.807) is 90.0 Å². The van der Waals surface area contributed by atoms with Gasteiger partial charge in [0.1, 0.15) is 17.3 Å². The van der Waals surface area contributed by atoms with Crippen molar-refractivity contribution in [1.82, 2.24) is 19.3 Å². The van der Waals surface area contributed by atoms with E-state index in [9.17, 15) is 9.18 Å². The highest BCUT2D eigenvalue weighted by Gasteiger charge is 2.17. The second-order valence-corrected chi connectivity index (χ2v) is 7.56. The van der Waals surface area contributed by atoms with Crippen molar-refractivity contribution in [2.24, 2.45) is 0 Å². The maximum absolute atomic E-state index is 14.1. The van der Waals surface area contributed by atoms with Crippen molar-refractivity contribution in [2.45, 2.75) is 0 Å². The molecule has 2 heterocycles. The molecule has 0 aliphatic rings. The lowest BCUT2D eigenvalue weighted by Gasteiger charge is -2.14. The van der Waals surface area contributed by atoms with Crippen LogP contribution in [0, 0.1) is 5.82 Å². The second-order valence-electron chi connectivity index (χ2n) is 7.13. The summed E-state index contributed by atoms with van der Waals surface area (Å²) in [4.78, 5) is 17.4. The number of nitrogens with zero attached hydrogens (tertiary/aromatic N) is 4. The molecule has 0 fully saturated rings. The summed E-state index contributed by atoms with van der Waals surface area (Å²) in [5, 5.41) is 4.84. The lowest BCUT2D eigenvalue weighted by atomic mass is 10.1. The van der Waals surface area contributed by atoms with Gasteiger partial charge in [0.05, 0.1) is 18.2 Å². The van der Waals surface area contributed by atoms with E-state index < -0.39 is 5.56 Å². The Morgan fingerprint density at radius 1 is 0.939 bits per heavy atom. The van der Waals surface area contributed by atoms with Crippen molar-refractivity contribution in [3.63, 3.8) is 0 Å². The van der Waals surface area contributed by atoms with Crippen LogP contribution in [0.2, 0.25) is 5.02 Å². The van der Waals surface area contributed by atoms with Crippen LogP contribution >= 0.6 is 11.6 Å². The molecule has 6 nitrogen and oxygen atoms in total. The van der Waals surface area contributed by atoms with Gasteiger partial charge in [0.2, 0.25) is 5.75 Å². The van der Waals surface area contributed by atoms with Gasteiger partial charge in [-0.2, -0.15) is 9.78 Å². The highest BCUT2D eigenvalue weighted by molar-refractivity contribution is 6.30. The fourth-order valence-corrected chi connectivity index (χ4v) is 3.52. The zero-order valence-corrected chi connectivity index (χ0v) is 17.9. The van der Waals surface area contributed by atoms with Gasteiger partial charge in [0.15, 0.2) is 0 Å². The van der Waals surface area contributed by atoms with E-state index in [1.807, 2.05) is 0 Å². The monoisotopic (exact) mass is 458 g/mol. The molecule has 2 aromatic heterocycles. The number of halogens is 2. The van der Waals surface area contributed by atoms with E-state index in [0.29, 0.717) is 33.3 Å². The van der Waals surface area contributed by atoms with Crippen LogP contribution < -0.4 is 10.3 Å². The average Bonchev–Trinajstić information content (AvgIpc) is 3.37. The highest BCUT2D eigenvalue weighted by Crippen LogP contribution is 2.28. The zero-order valence-electron chi connectivity index (χ0n) is 17.1. The number of hydrogen-bond donors (Lipinski definition) is 0. The molecule has 0 saturated heterocycles. The van der Waals surface area contributed by atoms with Crippen molar-refractivity contribution in [3.05, 3.63) is 119 Å². The van der Waals surface area contributed by atoms with Crippen LogP contribution in [0.15, 0.2) is 103 Å². The minimum absolute atomic E-state index is 0.0663. The van der Waals surface area contributed by atoms with E-state index >= 15 is 0 Å². The molecule has 0 unspecified atom stereocenters. The first-order chi connectivity index (χ1) is 16.1. The van der Waals surface area contributed by atoms with Gasteiger partial charge in [0.25, 0.3) is 0 Å². The average molecular weight is 459 g/mol. The van der Waals surface area contributed by atoms with Crippen molar-refractivity contribution in [1.29, 1.82) is 0 Å². The number of benzene rings is 3. The fraction of sp³-hybridized carbons (Fsp3) is 0. The molecular formula is C25H16ClFN4O2. The number of hydrogen-bond acceptors (Lipinski definition) is 4. The first-order valence-corrected chi connectivity index (χ1v) is 10.4. The summed E-state index contributed by atoms with van der Waals surface area (Å²) in [7, 11) is 0. The first kappa shape index (κ1) is 20.7. The first-order valence-electron chi connectivity index (χ1n) is 9.99. The second kappa shape index (κ2) is 8.72. The molecule has 0 saturated carbocycles. The van der Waals surface area contributed by atoms with Crippen molar-refractivity contribution >= 4 is 11.6 Å². The van der Waals surface area contributed by atoms with Crippen LogP contribution in [-0.4, -0.2) is 19.3 Å². The summed E-state index contributed by atoms with van der Waals surface area (Å²) in [6.45, 7) is 0. The minimum Gasteiger partial charge on any atom is -0.449 e. The number of aromatic nitrogens is 4. The SMILES string of the molecule is O=c1c(Oc2ccc(-c3ccccc3F)cc2)c(-n2ccnc2)cnn1-c1ccc(Cl)cc1. The van der Waals surface area contributed by atoms with Gasteiger partial charge < -0.3 is 9.30 Å². The Bertz CT molecular complexity index is 1460. The lowest BCUT2D eigenvalue weighted by molar-refractivity contribution is 0.464. The third kappa shape index (κ3) is 4.14. The molecule has 8 heteroatoms. The van der Waals surface area contributed by atoms with Gasteiger partial charge in [-0.25, -0.2) is 9.37 Å². The summed E-state index contributed by atoms with van der Waals surface area (Å²) in [5.74, 6) is 0.174. The third-order valence-electron chi connectivity index (χ3n) is 5.03. The van der Waals surface area contributed by atoms with Gasteiger partial charge in [-0.3, -0.25) is 4.79 Å². The molecule has 0 radical (unpaired) electrons. The number of rotatable bonds is 5. The lowest BCUT2D eigenvalue weighted by Crippen LogP contribution is -2.23. The van der Waals surface area contributed by atoms with E-state index in [2.05, 4.69) is 10.1 Å². The molecule has 0 N–H and O–H groups in total. The predicted octanol–water partition coefficient (Wildman–Crippen LogP) is 5.67. The summed E-state index contributed by atoms with van der Waals surface area (Å²) in [6.07, 6.45) is 6.37. The Morgan fingerprint density at radius 3 is 2.39 bits per heavy atom. The zero-order chi connectivity index (χ0) is 22.8. The molecule has 0 aliphatic heterocycles. The van der Waals surface area contributed by atoms with Crippen LogP contribution in [0.4, 0.5) is 4.39 Å². The molecule has 162 valence electrons. The summed E-state index contributed by atoms with van der Waals surface area (Å²) < 4.78 is 23.0. The Kier molecular flexibility index (Phi) is 5.46. The summed E-state index contributed by atoms with van der Waals surface area (Å²) >= 11 is 5.97. The molecule has 5 rings (SSSR count). The van der Waals surface area contributed by atoms with Gasteiger partial charge in [-0.05, 0) is 48.0 Å². The number of imidazole rings is 1. The molecule has 33 heavy (non-hydrogen) atoms. The molecule has 0 amide bonds. The smallest absolute Gasteiger partial charge is 0.316 e. The number of ether oxygens (including phenoxy) is 1. The quantitative estimate of drug-likeness (QED) is 0.340. The highest BCUT2D eigenvalue weighted by atomic mass is 35.5. The predicted molar refractivity (Wildman–Crippen MR) is 124 cm³/mol. The van der Waals surface area contributed by atoms with E-state index in [1.165, 1.54) is 16.9 Å². The van der Waals surface area contributed by atoms with Crippen LogP contribution in [0.5, 0.6) is 11.5 Å². The van der Waals surface area contributed by atoms with Crippen molar-refractivity contribution in [2.75, 3.05) is 0 Å². The molecule has 5 aromatic rings. The molecule has 0 spiro atoms. The van der Waals surface area contributed by atoms with Crippen molar-refractivity contribution in [3.8, 4) is 34.0 Å². The molecule has 3 aromatic carbocycles. The van der Waals surface area contributed by atoms with Crippen molar-refractivity contribution < 1.29 is 9.13 Å². The maximum Gasteiger partial charge on any atom is 0.316 e. The fourth-order valence-electron chi connectivity index (χ4n) is 3.39. The Morgan fingerprint density at radius 2 is 1.70 bits per heavy atom. The summed E-state index contributed by atoms with van der Waals surface area (Å²) in [6, 6.07) is 20.1. The van der Waals surface area contributed by atoms with Gasteiger partial charge in [0, 0.05) is 23.0 Å². The molecular weight excluding hydrogens is 443 g/mol. The van der Waals surface area contributed by atoms with E-state index in [0.717, 1.165) is 0 Å². The van der Waals surface area contributed by atoms with E-state index in [4.69, 9.17) is 16.3 Å². The topological polar surface area (TPSA) is 61.9 Å². The molecule has 0 aliphatic carbocycles. The maximum atomic E-state index is 14.1. The van der Waals surface area contributed by atoms with Gasteiger partial charge in [-0.15, -0.1) is 0 Å². The van der Waals surface area contributed by atoms with E-state index in [-0.39, 0.29) is 11.6 Å².